The minimum Gasteiger partial charge on any atom is -0.354 e. The smallest absolute Gasteiger partial charge is 0.262 e. The minimum absolute atomic E-state index is 0.167. The number of hydrogen-bond donors (Lipinski definition) is 2. The molecule has 4 nitrogen and oxygen atoms in total. The van der Waals surface area contributed by atoms with Crippen LogP contribution in [0.25, 0.3) is 0 Å². The van der Waals surface area contributed by atoms with Crippen LogP contribution in [0.1, 0.15) is 29.9 Å². The topological polar surface area (TPSA) is 58.2 Å². The molecule has 0 spiro atoms. The first-order valence-electron chi connectivity index (χ1n) is 5.49. The summed E-state index contributed by atoms with van der Waals surface area (Å²) >= 11 is 7.96. The van der Waals surface area contributed by atoms with E-state index in [-0.39, 0.29) is 11.8 Å². The molecule has 1 atom stereocenters. The summed E-state index contributed by atoms with van der Waals surface area (Å²) in [7, 11) is 0. The van der Waals surface area contributed by atoms with Gasteiger partial charge in [-0.3, -0.25) is 9.59 Å². The van der Waals surface area contributed by atoms with E-state index in [0.29, 0.717) is 11.4 Å². The summed E-state index contributed by atoms with van der Waals surface area (Å²) in [5, 5.41) is 5.40. The Morgan fingerprint density at radius 3 is 2.61 bits per heavy atom. The standard InChI is InChI=1S/C11H14Br2N2O2S/c1-3-4-14-10(16)6(2)15-11(17)8-5-7(12)9(13)18-8/h5-6H,3-4H2,1-2H3,(H,14,16)(H,15,17). The van der Waals surface area contributed by atoms with Crippen molar-refractivity contribution < 1.29 is 9.59 Å². The minimum atomic E-state index is -0.538. The predicted octanol–water partition coefficient (Wildman–Crippen LogP) is 2.92. The maximum atomic E-state index is 11.9. The van der Waals surface area contributed by atoms with Crippen molar-refractivity contribution in [3.05, 3.63) is 19.2 Å². The maximum absolute atomic E-state index is 11.9. The molecule has 0 saturated carbocycles. The van der Waals surface area contributed by atoms with Crippen molar-refractivity contribution in [2.45, 2.75) is 26.3 Å². The van der Waals surface area contributed by atoms with Gasteiger partial charge in [0.15, 0.2) is 0 Å². The highest BCUT2D eigenvalue weighted by atomic mass is 79.9. The fourth-order valence-corrected chi connectivity index (χ4v) is 3.13. The molecule has 1 aromatic heterocycles. The molecule has 0 saturated heterocycles. The average molecular weight is 398 g/mol. The summed E-state index contributed by atoms with van der Waals surface area (Å²) in [6.45, 7) is 4.26. The van der Waals surface area contributed by atoms with Crippen molar-refractivity contribution in [1.29, 1.82) is 0 Å². The molecule has 0 aliphatic heterocycles. The molecule has 0 aliphatic carbocycles. The van der Waals surface area contributed by atoms with E-state index >= 15 is 0 Å². The van der Waals surface area contributed by atoms with Gasteiger partial charge in [0.1, 0.15) is 6.04 Å². The highest BCUT2D eigenvalue weighted by Gasteiger charge is 2.18. The molecule has 1 rings (SSSR count). The normalized spacial score (nSPS) is 12.0. The molecule has 1 unspecified atom stereocenters. The predicted molar refractivity (Wildman–Crippen MR) is 79.9 cm³/mol. The van der Waals surface area contributed by atoms with Gasteiger partial charge in [-0.1, -0.05) is 6.92 Å². The van der Waals surface area contributed by atoms with Crippen molar-refractivity contribution in [2.75, 3.05) is 6.54 Å². The van der Waals surface area contributed by atoms with Gasteiger partial charge in [0.25, 0.3) is 5.91 Å². The lowest BCUT2D eigenvalue weighted by Crippen LogP contribution is -2.44. The Morgan fingerprint density at radius 1 is 1.44 bits per heavy atom. The van der Waals surface area contributed by atoms with Gasteiger partial charge >= 0.3 is 0 Å². The lowest BCUT2D eigenvalue weighted by atomic mass is 10.3. The zero-order valence-electron chi connectivity index (χ0n) is 10.0. The van der Waals surface area contributed by atoms with Crippen molar-refractivity contribution in [3.8, 4) is 0 Å². The van der Waals surface area contributed by atoms with Crippen molar-refractivity contribution in [2.24, 2.45) is 0 Å². The molecule has 0 radical (unpaired) electrons. The van der Waals surface area contributed by atoms with Gasteiger partial charge in [0.2, 0.25) is 5.91 Å². The molecular formula is C11H14Br2N2O2S. The number of nitrogens with one attached hydrogen (secondary N) is 2. The molecule has 2 amide bonds. The van der Waals surface area contributed by atoms with Crippen LogP contribution >= 0.6 is 43.2 Å². The van der Waals surface area contributed by atoms with Gasteiger partial charge in [-0.05, 0) is 51.3 Å². The molecule has 18 heavy (non-hydrogen) atoms. The zero-order valence-corrected chi connectivity index (χ0v) is 14.0. The number of rotatable bonds is 5. The molecule has 7 heteroatoms. The van der Waals surface area contributed by atoms with E-state index in [0.717, 1.165) is 14.7 Å². The summed E-state index contributed by atoms with van der Waals surface area (Å²) in [4.78, 5) is 24.0. The number of amides is 2. The second-order valence-electron chi connectivity index (χ2n) is 3.72. The monoisotopic (exact) mass is 396 g/mol. The number of carbonyl (C=O) groups excluding carboxylic acids is 2. The molecule has 1 heterocycles. The van der Waals surface area contributed by atoms with Gasteiger partial charge in [-0.25, -0.2) is 0 Å². The molecule has 2 N–H and O–H groups in total. The summed E-state index contributed by atoms with van der Waals surface area (Å²) in [5.41, 5.74) is 0. The lowest BCUT2D eigenvalue weighted by Gasteiger charge is -2.12. The van der Waals surface area contributed by atoms with Crippen molar-refractivity contribution in [1.82, 2.24) is 10.6 Å². The van der Waals surface area contributed by atoms with Crippen molar-refractivity contribution in [3.63, 3.8) is 0 Å². The second-order valence-corrected chi connectivity index (χ2v) is 6.94. The number of carbonyl (C=O) groups is 2. The van der Waals surface area contributed by atoms with Crippen LogP contribution in [0.3, 0.4) is 0 Å². The van der Waals surface area contributed by atoms with Gasteiger partial charge in [0.05, 0.1) is 8.66 Å². The Hall–Kier alpha value is -0.400. The maximum Gasteiger partial charge on any atom is 0.262 e. The average Bonchev–Trinajstić information content (AvgIpc) is 2.66. The molecule has 100 valence electrons. The van der Waals surface area contributed by atoms with Crippen LogP contribution in [-0.2, 0) is 4.79 Å². The Labute approximate surface area is 127 Å². The summed E-state index contributed by atoms with van der Waals surface area (Å²) < 4.78 is 1.69. The summed E-state index contributed by atoms with van der Waals surface area (Å²) in [5.74, 6) is -0.412. The SMILES string of the molecule is CCCNC(=O)C(C)NC(=O)c1cc(Br)c(Br)s1. The number of thiophene rings is 1. The third-order valence-corrected chi connectivity index (χ3v) is 5.41. The van der Waals surface area contributed by atoms with Gasteiger partial charge in [0, 0.05) is 11.0 Å². The van der Waals surface area contributed by atoms with Crippen LogP contribution < -0.4 is 10.6 Å². The van der Waals surface area contributed by atoms with Crippen LogP contribution in [0.4, 0.5) is 0 Å². The van der Waals surface area contributed by atoms with E-state index in [1.165, 1.54) is 11.3 Å². The second kappa shape index (κ2) is 7.25. The van der Waals surface area contributed by atoms with Gasteiger partial charge in [-0.2, -0.15) is 0 Å². The number of halogens is 2. The Kier molecular flexibility index (Phi) is 6.31. The van der Waals surface area contributed by atoms with E-state index in [1.807, 2.05) is 6.92 Å². The third-order valence-electron chi connectivity index (χ3n) is 2.16. The van der Waals surface area contributed by atoms with Crippen molar-refractivity contribution >= 4 is 55.0 Å². The first-order valence-corrected chi connectivity index (χ1v) is 7.89. The van der Waals surface area contributed by atoms with E-state index in [1.54, 1.807) is 13.0 Å². The third kappa shape index (κ3) is 4.37. The molecule has 0 bridgehead atoms. The molecule has 0 aromatic carbocycles. The molecular weight excluding hydrogens is 384 g/mol. The lowest BCUT2D eigenvalue weighted by molar-refractivity contribution is -0.122. The zero-order chi connectivity index (χ0) is 13.7. The van der Waals surface area contributed by atoms with Crippen LogP contribution in [0, 0.1) is 0 Å². The first kappa shape index (κ1) is 15.7. The molecule has 0 aliphatic rings. The number of hydrogen-bond acceptors (Lipinski definition) is 3. The van der Waals surface area contributed by atoms with Gasteiger partial charge < -0.3 is 10.6 Å². The highest BCUT2D eigenvalue weighted by Crippen LogP contribution is 2.32. The first-order chi connectivity index (χ1) is 8.45. The Morgan fingerprint density at radius 2 is 2.11 bits per heavy atom. The van der Waals surface area contributed by atoms with Gasteiger partial charge in [-0.15, -0.1) is 11.3 Å². The van der Waals surface area contributed by atoms with E-state index in [9.17, 15) is 9.59 Å². The summed E-state index contributed by atoms with van der Waals surface area (Å²) in [6.07, 6.45) is 0.872. The Bertz CT molecular complexity index is 429. The molecule has 0 fully saturated rings. The largest absolute Gasteiger partial charge is 0.354 e. The fraction of sp³-hybridized carbons (Fsp3) is 0.455. The van der Waals surface area contributed by atoms with E-state index < -0.39 is 6.04 Å². The highest BCUT2D eigenvalue weighted by molar-refractivity contribution is 9.13. The summed E-state index contributed by atoms with van der Waals surface area (Å²) in [6, 6.07) is 1.18. The van der Waals surface area contributed by atoms with E-state index in [2.05, 4.69) is 42.5 Å². The van der Waals surface area contributed by atoms with Crippen LogP contribution in [0.5, 0.6) is 0 Å². The van der Waals surface area contributed by atoms with Crippen LogP contribution in [-0.4, -0.2) is 24.4 Å². The quantitative estimate of drug-likeness (QED) is 0.802. The van der Waals surface area contributed by atoms with E-state index in [4.69, 9.17) is 0 Å². The fourth-order valence-electron chi connectivity index (χ4n) is 1.19. The van der Waals surface area contributed by atoms with Crippen LogP contribution in [0.2, 0.25) is 0 Å². The Balaban J connectivity index is 2.56. The van der Waals surface area contributed by atoms with Crippen LogP contribution in [0.15, 0.2) is 14.3 Å². The molecule has 1 aromatic rings.